The lowest BCUT2D eigenvalue weighted by molar-refractivity contribution is -0.127. The minimum atomic E-state index is -0.173. The maximum absolute atomic E-state index is 12.4. The molecular weight excluding hydrogens is 308 g/mol. The van der Waals surface area contributed by atoms with Crippen LogP contribution in [-0.2, 0) is 16.1 Å². The maximum Gasteiger partial charge on any atom is 0.252 e. The molecule has 2 fully saturated rings. The fraction of sp³-hybridized carbons (Fsp3) is 0.706. The molecule has 7 heteroatoms. The lowest BCUT2D eigenvalue weighted by atomic mass is 9.86. The standard InChI is InChI=1S/C17H26N4O3/c1-24-14-6-4-5-12(9-14)16(23)18-11-13-10-15(22)20-17(19-13)21-7-2-3-8-21/h10,12,14H,2-9,11H2,1H3,(H,18,23)(H,19,20,22). The summed E-state index contributed by atoms with van der Waals surface area (Å²) in [5, 5.41) is 2.93. The summed E-state index contributed by atoms with van der Waals surface area (Å²) in [7, 11) is 1.70. The average Bonchev–Trinajstić information content (AvgIpc) is 3.14. The molecule has 1 amide bonds. The van der Waals surface area contributed by atoms with Crippen LogP contribution >= 0.6 is 0 Å². The van der Waals surface area contributed by atoms with Gasteiger partial charge in [-0.05, 0) is 32.1 Å². The first-order valence-corrected chi connectivity index (χ1v) is 8.81. The number of amides is 1. The summed E-state index contributed by atoms with van der Waals surface area (Å²) in [4.78, 5) is 33.6. The van der Waals surface area contributed by atoms with Crippen LogP contribution in [0.5, 0.6) is 0 Å². The number of anilines is 1. The third-order valence-electron chi connectivity index (χ3n) is 4.96. The van der Waals surface area contributed by atoms with Gasteiger partial charge in [-0.3, -0.25) is 14.6 Å². The molecule has 0 radical (unpaired) electrons. The zero-order valence-corrected chi connectivity index (χ0v) is 14.2. The topological polar surface area (TPSA) is 87.3 Å². The number of hydrogen-bond donors (Lipinski definition) is 2. The van der Waals surface area contributed by atoms with Gasteiger partial charge >= 0.3 is 0 Å². The molecule has 2 heterocycles. The molecule has 132 valence electrons. The second-order valence-corrected chi connectivity index (χ2v) is 6.69. The van der Waals surface area contributed by atoms with Crippen molar-refractivity contribution in [2.24, 2.45) is 5.92 Å². The molecule has 7 nitrogen and oxygen atoms in total. The molecule has 1 aromatic rings. The van der Waals surface area contributed by atoms with E-state index in [2.05, 4.69) is 20.2 Å². The number of rotatable bonds is 5. The number of nitrogens with one attached hydrogen (secondary N) is 2. The number of hydrogen-bond acceptors (Lipinski definition) is 5. The Kier molecular flexibility index (Phi) is 5.50. The largest absolute Gasteiger partial charge is 0.381 e. The van der Waals surface area contributed by atoms with Crippen molar-refractivity contribution in [3.8, 4) is 0 Å². The van der Waals surface area contributed by atoms with Crippen LogP contribution in [0.4, 0.5) is 5.95 Å². The van der Waals surface area contributed by atoms with Crippen molar-refractivity contribution >= 4 is 11.9 Å². The van der Waals surface area contributed by atoms with Crippen LogP contribution in [0.3, 0.4) is 0 Å². The summed E-state index contributed by atoms with van der Waals surface area (Å²) in [6.07, 6.45) is 6.11. The zero-order valence-electron chi connectivity index (χ0n) is 14.2. The van der Waals surface area contributed by atoms with Gasteiger partial charge in [0.1, 0.15) is 0 Å². The van der Waals surface area contributed by atoms with E-state index in [1.165, 1.54) is 6.07 Å². The number of ether oxygens (including phenoxy) is 1. The van der Waals surface area contributed by atoms with E-state index in [1.807, 2.05) is 0 Å². The zero-order chi connectivity index (χ0) is 16.9. The van der Waals surface area contributed by atoms with E-state index in [-0.39, 0.29) is 30.0 Å². The fourth-order valence-electron chi connectivity index (χ4n) is 3.58. The summed E-state index contributed by atoms with van der Waals surface area (Å²) in [5.74, 6) is 0.631. The first-order valence-electron chi connectivity index (χ1n) is 8.81. The third-order valence-corrected chi connectivity index (χ3v) is 4.96. The first-order chi connectivity index (χ1) is 11.7. The van der Waals surface area contributed by atoms with Crippen LogP contribution < -0.4 is 15.8 Å². The van der Waals surface area contributed by atoms with Gasteiger partial charge in [0.25, 0.3) is 5.56 Å². The number of methoxy groups -OCH3 is 1. The van der Waals surface area contributed by atoms with Gasteiger partial charge in [0.05, 0.1) is 18.3 Å². The van der Waals surface area contributed by atoms with E-state index in [0.29, 0.717) is 11.6 Å². The van der Waals surface area contributed by atoms with Gasteiger partial charge in [-0.2, -0.15) is 0 Å². The van der Waals surface area contributed by atoms with Crippen LogP contribution in [0.1, 0.15) is 44.2 Å². The monoisotopic (exact) mass is 334 g/mol. The van der Waals surface area contributed by atoms with Crippen molar-refractivity contribution in [3.05, 3.63) is 22.1 Å². The molecular formula is C17H26N4O3. The van der Waals surface area contributed by atoms with Gasteiger partial charge in [-0.1, -0.05) is 6.42 Å². The van der Waals surface area contributed by atoms with Crippen LogP contribution in [-0.4, -0.2) is 42.2 Å². The molecule has 1 aromatic heterocycles. The SMILES string of the molecule is COC1CCCC(C(=O)NCc2cc(=O)[nH]c(N3CCCC3)n2)C1. The van der Waals surface area contributed by atoms with E-state index in [9.17, 15) is 9.59 Å². The Balaban J connectivity index is 1.59. The molecule has 2 N–H and O–H groups in total. The van der Waals surface area contributed by atoms with E-state index in [1.54, 1.807) is 7.11 Å². The highest BCUT2D eigenvalue weighted by molar-refractivity contribution is 5.78. The van der Waals surface area contributed by atoms with Crippen molar-refractivity contribution in [2.45, 2.75) is 51.2 Å². The van der Waals surface area contributed by atoms with E-state index < -0.39 is 0 Å². The molecule has 1 aliphatic carbocycles. The highest BCUT2D eigenvalue weighted by atomic mass is 16.5. The smallest absolute Gasteiger partial charge is 0.252 e. The maximum atomic E-state index is 12.4. The summed E-state index contributed by atoms with van der Waals surface area (Å²) in [6.45, 7) is 2.12. The lowest BCUT2D eigenvalue weighted by Crippen LogP contribution is -2.35. The summed E-state index contributed by atoms with van der Waals surface area (Å²) >= 11 is 0. The molecule has 1 saturated heterocycles. The van der Waals surface area contributed by atoms with E-state index >= 15 is 0 Å². The third kappa shape index (κ3) is 4.14. The van der Waals surface area contributed by atoms with Crippen LogP contribution in [0.15, 0.2) is 10.9 Å². The summed E-state index contributed by atoms with van der Waals surface area (Å²) in [5.41, 5.74) is 0.432. The van der Waals surface area contributed by atoms with Gasteiger partial charge in [-0.15, -0.1) is 0 Å². The highest BCUT2D eigenvalue weighted by Gasteiger charge is 2.27. The predicted octanol–water partition coefficient (Wildman–Crippen LogP) is 1.19. The number of nitrogens with zero attached hydrogens (tertiary/aromatic N) is 2. The normalized spacial score (nSPS) is 24.1. The fourth-order valence-corrected chi connectivity index (χ4v) is 3.58. The van der Waals surface area contributed by atoms with Gasteiger partial charge in [-0.25, -0.2) is 4.98 Å². The Bertz CT molecular complexity index is 625. The molecule has 1 aliphatic heterocycles. The Hall–Kier alpha value is -1.89. The van der Waals surface area contributed by atoms with Crippen LogP contribution in [0.2, 0.25) is 0 Å². The van der Waals surface area contributed by atoms with Crippen LogP contribution in [0, 0.1) is 5.92 Å². The number of aromatic nitrogens is 2. The first kappa shape index (κ1) is 17.0. The quantitative estimate of drug-likeness (QED) is 0.845. The predicted molar refractivity (Wildman–Crippen MR) is 90.9 cm³/mol. The number of carbonyl (C=O) groups excluding carboxylic acids is 1. The molecule has 2 atom stereocenters. The number of H-pyrrole nitrogens is 1. The van der Waals surface area contributed by atoms with Crippen molar-refractivity contribution in [1.29, 1.82) is 0 Å². The Morgan fingerprint density at radius 1 is 1.38 bits per heavy atom. The molecule has 0 aromatic carbocycles. The van der Waals surface area contributed by atoms with E-state index in [0.717, 1.165) is 51.6 Å². The second kappa shape index (κ2) is 7.79. The minimum absolute atomic E-state index is 0.0104. The number of carbonyl (C=O) groups is 1. The van der Waals surface area contributed by atoms with Gasteiger partial charge in [0, 0.05) is 32.2 Å². The van der Waals surface area contributed by atoms with Crippen LogP contribution in [0.25, 0.3) is 0 Å². The van der Waals surface area contributed by atoms with Gasteiger partial charge in [0.15, 0.2) is 0 Å². The Morgan fingerprint density at radius 3 is 2.92 bits per heavy atom. The minimum Gasteiger partial charge on any atom is -0.381 e. The Labute approximate surface area is 141 Å². The summed E-state index contributed by atoms with van der Waals surface area (Å²) in [6, 6.07) is 1.46. The average molecular weight is 334 g/mol. The van der Waals surface area contributed by atoms with Crippen molar-refractivity contribution in [2.75, 3.05) is 25.1 Å². The molecule has 2 unspecified atom stereocenters. The van der Waals surface area contributed by atoms with Crippen molar-refractivity contribution in [1.82, 2.24) is 15.3 Å². The molecule has 0 bridgehead atoms. The van der Waals surface area contributed by atoms with Crippen molar-refractivity contribution in [3.63, 3.8) is 0 Å². The molecule has 1 saturated carbocycles. The van der Waals surface area contributed by atoms with Gasteiger partial charge in [0.2, 0.25) is 11.9 Å². The second-order valence-electron chi connectivity index (χ2n) is 6.69. The molecule has 2 aliphatic rings. The Morgan fingerprint density at radius 2 is 2.17 bits per heavy atom. The summed E-state index contributed by atoms with van der Waals surface area (Å²) < 4.78 is 5.38. The number of aromatic amines is 1. The molecule has 0 spiro atoms. The van der Waals surface area contributed by atoms with E-state index in [4.69, 9.17) is 4.74 Å². The lowest BCUT2D eigenvalue weighted by Gasteiger charge is -2.27. The van der Waals surface area contributed by atoms with Gasteiger partial charge < -0.3 is 15.0 Å². The molecule has 24 heavy (non-hydrogen) atoms. The molecule has 3 rings (SSSR count). The highest BCUT2D eigenvalue weighted by Crippen LogP contribution is 2.26. The van der Waals surface area contributed by atoms with Crippen molar-refractivity contribution < 1.29 is 9.53 Å².